The number of ether oxygens (including phenoxy) is 1. The second kappa shape index (κ2) is 6.33. The molecule has 4 nitrogen and oxygen atoms in total. The lowest BCUT2D eigenvalue weighted by atomic mass is 9.85. The van der Waals surface area contributed by atoms with Crippen LogP contribution in [0.15, 0.2) is 0 Å². The first kappa shape index (κ1) is 14.3. The molecular formula is C14H29N3O. The maximum atomic E-state index is 6.15. The first-order chi connectivity index (χ1) is 8.70. The van der Waals surface area contributed by atoms with Crippen molar-refractivity contribution in [1.29, 1.82) is 0 Å². The van der Waals surface area contributed by atoms with Crippen LogP contribution >= 0.6 is 0 Å². The van der Waals surface area contributed by atoms with E-state index in [1.807, 2.05) is 0 Å². The highest BCUT2D eigenvalue weighted by atomic mass is 16.5. The molecule has 18 heavy (non-hydrogen) atoms. The van der Waals surface area contributed by atoms with Crippen LogP contribution in [-0.2, 0) is 4.74 Å². The molecule has 2 saturated heterocycles. The molecule has 2 N–H and O–H groups in total. The van der Waals surface area contributed by atoms with Gasteiger partial charge in [-0.3, -0.25) is 4.90 Å². The van der Waals surface area contributed by atoms with E-state index < -0.39 is 0 Å². The molecule has 2 aliphatic rings. The minimum absolute atomic E-state index is 0.230. The third-order valence-electron chi connectivity index (χ3n) is 4.74. The Morgan fingerprint density at radius 1 is 1.28 bits per heavy atom. The highest BCUT2D eigenvalue weighted by Crippen LogP contribution is 2.29. The zero-order valence-electron chi connectivity index (χ0n) is 12.0. The summed E-state index contributed by atoms with van der Waals surface area (Å²) in [6.07, 6.45) is 3.91. The van der Waals surface area contributed by atoms with Crippen molar-refractivity contribution in [2.45, 2.75) is 44.8 Å². The van der Waals surface area contributed by atoms with Gasteiger partial charge in [-0.25, -0.2) is 0 Å². The van der Waals surface area contributed by atoms with Gasteiger partial charge in [0.25, 0.3) is 0 Å². The van der Waals surface area contributed by atoms with Gasteiger partial charge < -0.3 is 15.4 Å². The molecule has 0 aliphatic carbocycles. The fourth-order valence-electron chi connectivity index (χ4n) is 3.36. The number of rotatable bonds is 3. The molecule has 0 aromatic carbocycles. The molecule has 0 bridgehead atoms. The molecule has 0 spiro atoms. The molecule has 2 heterocycles. The van der Waals surface area contributed by atoms with E-state index in [0.717, 1.165) is 32.7 Å². The Balaban J connectivity index is 2.02. The fraction of sp³-hybridized carbons (Fsp3) is 1.00. The Hall–Kier alpha value is -0.160. The molecule has 2 aliphatic heterocycles. The van der Waals surface area contributed by atoms with Gasteiger partial charge in [-0.15, -0.1) is 0 Å². The van der Waals surface area contributed by atoms with E-state index in [4.69, 9.17) is 10.5 Å². The van der Waals surface area contributed by atoms with Gasteiger partial charge in [0.05, 0.1) is 6.10 Å². The lowest BCUT2D eigenvalue weighted by Gasteiger charge is -2.48. The Morgan fingerprint density at radius 2 is 2.00 bits per heavy atom. The molecule has 2 rings (SSSR count). The van der Waals surface area contributed by atoms with E-state index in [9.17, 15) is 0 Å². The van der Waals surface area contributed by atoms with Gasteiger partial charge in [-0.1, -0.05) is 6.92 Å². The van der Waals surface area contributed by atoms with Crippen LogP contribution in [0.3, 0.4) is 0 Å². The van der Waals surface area contributed by atoms with Crippen molar-refractivity contribution in [3.05, 3.63) is 0 Å². The van der Waals surface area contributed by atoms with E-state index in [0.29, 0.717) is 6.10 Å². The van der Waals surface area contributed by atoms with Gasteiger partial charge in [-0.05, 0) is 45.8 Å². The summed E-state index contributed by atoms with van der Waals surface area (Å²) in [6, 6.07) is 0. The van der Waals surface area contributed by atoms with E-state index in [2.05, 4.69) is 23.6 Å². The molecule has 4 heteroatoms. The van der Waals surface area contributed by atoms with Crippen molar-refractivity contribution >= 4 is 0 Å². The van der Waals surface area contributed by atoms with Crippen molar-refractivity contribution in [2.24, 2.45) is 5.73 Å². The summed E-state index contributed by atoms with van der Waals surface area (Å²) in [5.74, 6) is 0. The molecular weight excluding hydrogens is 226 g/mol. The third-order valence-corrected chi connectivity index (χ3v) is 4.74. The van der Waals surface area contributed by atoms with Crippen LogP contribution in [-0.4, -0.2) is 67.3 Å². The topological polar surface area (TPSA) is 41.7 Å². The first-order valence-corrected chi connectivity index (χ1v) is 7.49. The van der Waals surface area contributed by atoms with E-state index >= 15 is 0 Å². The van der Waals surface area contributed by atoms with Crippen LogP contribution in [0.25, 0.3) is 0 Å². The Morgan fingerprint density at radius 3 is 2.61 bits per heavy atom. The maximum Gasteiger partial charge on any atom is 0.0674 e. The van der Waals surface area contributed by atoms with Crippen molar-refractivity contribution in [3.63, 3.8) is 0 Å². The monoisotopic (exact) mass is 255 g/mol. The zero-order chi connectivity index (χ0) is 13.0. The highest BCUT2D eigenvalue weighted by molar-refractivity contribution is 4.97. The molecule has 1 atom stereocenters. The van der Waals surface area contributed by atoms with E-state index in [1.165, 1.54) is 32.5 Å². The molecule has 1 unspecified atom stereocenters. The summed E-state index contributed by atoms with van der Waals surface area (Å²) in [6.45, 7) is 11.9. The normalized spacial score (nSPS) is 31.2. The van der Waals surface area contributed by atoms with Gasteiger partial charge >= 0.3 is 0 Å². The molecule has 2 fully saturated rings. The molecule has 0 aromatic rings. The van der Waals surface area contributed by atoms with Crippen LogP contribution in [0.5, 0.6) is 0 Å². The van der Waals surface area contributed by atoms with Gasteiger partial charge in [0, 0.05) is 31.8 Å². The minimum atomic E-state index is 0.230. The van der Waals surface area contributed by atoms with Crippen molar-refractivity contribution in [2.75, 3.05) is 45.9 Å². The molecule has 0 saturated carbocycles. The van der Waals surface area contributed by atoms with Crippen LogP contribution in [0.1, 0.15) is 33.1 Å². The average Bonchev–Trinajstić information content (AvgIpc) is 2.64. The maximum absolute atomic E-state index is 6.15. The van der Waals surface area contributed by atoms with Crippen LogP contribution in [0.4, 0.5) is 0 Å². The molecule has 106 valence electrons. The highest BCUT2D eigenvalue weighted by Gasteiger charge is 2.39. The second-order valence-corrected chi connectivity index (χ2v) is 5.84. The quantitative estimate of drug-likeness (QED) is 0.814. The Kier molecular flexibility index (Phi) is 5.01. The SMILES string of the molecule is CCN1CCC(CN)(N2CCCOC(C)C2)CC1. The summed E-state index contributed by atoms with van der Waals surface area (Å²) in [5.41, 5.74) is 6.38. The predicted octanol–water partition coefficient (Wildman–Crippen LogP) is 0.910. The largest absolute Gasteiger partial charge is 0.377 e. The van der Waals surface area contributed by atoms with Gasteiger partial charge in [0.1, 0.15) is 0 Å². The number of piperidine rings is 1. The van der Waals surface area contributed by atoms with Gasteiger partial charge in [0.15, 0.2) is 0 Å². The molecule has 0 aromatic heterocycles. The zero-order valence-corrected chi connectivity index (χ0v) is 12.0. The van der Waals surface area contributed by atoms with Crippen LogP contribution < -0.4 is 5.73 Å². The average molecular weight is 255 g/mol. The summed E-state index contributed by atoms with van der Waals surface area (Å²) in [7, 11) is 0. The lowest BCUT2D eigenvalue weighted by Crippen LogP contribution is -2.60. The van der Waals surface area contributed by atoms with Crippen molar-refractivity contribution in [1.82, 2.24) is 9.80 Å². The Bertz CT molecular complexity index is 251. The minimum Gasteiger partial charge on any atom is -0.377 e. The number of hydrogen-bond acceptors (Lipinski definition) is 4. The number of nitrogens with two attached hydrogens (primary N) is 1. The Labute approximate surface area is 111 Å². The standard InChI is InChI=1S/C14H29N3O/c1-3-16-8-5-14(12-15,6-9-16)17-7-4-10-18-13(2)11-17/h13H,3-12,15H2,1-2H3. The van der Waals surface area contributed by atoms with Crippen molar-refractivity contribution < 1.29 is 4.74 Å². The van der Waals surface area contributed by atoms with Gasteiger partial charge in [0.2, 0.25) is 0 Å². The third kappa shape index (κ3) is 3.05. The molecule has 0 amide bonds. The second-order valence-electron chi connectivity index (χ2n) is 5.84. The summed E-state index contributed by atoms with van der Waals surface area (Å²) < 4.78 is 5.76. The predicted molar refractivity (Wildman–Crippen MR) is 74.7 cm³/mol. The number of hydrogen-bond donors (Lipinski definition) is 1. The summed E-state index contributed by atoms with van der Waals surface area (Å²) in [4.78, 5) is 5.16. The summed E-state index contributed by atoms with van der Waals surface area (Å²) in [5, 5.41) is 0. The van der Waals surface area contributed by atoms with E-state index in [-0.39, 0.29) is 5.54 Å². The van der Waals surface area contributed by atoms with Crippen LogP contribution in [0, 0.1) is 0 Å². The smallest absolute Gasteiger partial charge is 0.0674 e. The number of likely N-dealkylation sites (tertiary alicyclic amines) is 1. The fourth-order valence-corrected chi connectivity index (χ4v) is 3.36. The summed E-state index contributed by atoms with van der Waals surface area (Å²) >= 11 is 0. The molecule has 0 radical (unpaired) electrons. The van der Waals surface area contributed by atoms with Crippen molar-refractivity contribution in [3.8, 4) is 0 Å². The van der Waals surface area contributed by atoms with E-state index in [1.54, 1.807) is 0 Å². The number of nitrogens with zero attached hydrogens (tertiary/aromatic N) is 2. The lowest BCUT2D eigenvalue weighted by molar-refractivity contribution is 0.00581. The van der Waals surface area contributed by atoms with Crippen LogP contribution in [0.2, 0.25) is 0 Å². The van der Waals surface area contributed by atoms with Gasteiger partial charge in [-0.2, -0.15) is 0 Å². The first-order valence-electron chi connectivity index (χ1n) is 7.49.